The zero-order valence-electron chi connectivity index (χ0n) is 39.4. The lowest BCUT2D eigenvalue weighted by Crippen LogP contribution is -2.20. The normalized spacial score (nSPS) is 14.1. The van der Waals surface area contributed by atoms with E-state index in [1.165, 1.54) is 289 Å². The Bertz CT molecular complexity index is 822. The maximum absolute atomic E-state index is 3.01. The number of rotatable bonds is 45. The smallest absolute Gasteiger partial charge is 0.0102 e. The lowest BCUT2D eigenvalue weighted by Gasteiger charge is -2.33. The van der Waals surface area contributed by atoms with Crippen molar-refractivity contribution >= 4 is 0 Å². The fourth-order valence-electron chi connectivity index (χ4n) is 9.98. The average Bonchev–Trinajstić information content (AvgIpc) is 3.48. The van der Waals surface area contributed by atoms with Gasteiger partial charge in [0.15, 0.2) is 0 Å². The minimum Gasteiger partial charge on any atom is -0.0708 e. The van der Waals surface area contributed by atoms with Crippen molar-refractivity contribution in [2.45, 2.75) is 324 Å². The van der Waals surface area contributed by atoms with E-state index >= 15 is 0 Å². The lowest BCUT2D eigenvalue weighted by molar-refractivity contribution is 0.341. The second-order valence-electron chi connectivity index (χ2n) is 18.9. The van der Waals surface area contributed by atoms with Gasteiger partial charge in [-0.15, -0.1) is 0 Å². The Kier molecular flexibility index (Phi) is 38.4. The van der Waals surface area contributed by atoms with Crippen molar-refractivity contribution in [3.8, 4) is 0 Å². The summed E-state index contributed by atoms with van der Waals surface area (Å²) in [6, 6.07) is 0. The summed E-state index contributed by atoms with van der Waals surface area (Å²) < 4.78 is 0. The number of unbranched alkanes of at least 4 members (excludes halogenated alkanes) is 35. The Morgan fingerprint density at radius 1 is 0.273 bits per heavy atom. The fraction of sp³-hybridized carbons (Fsp3) is 0.927. The summed E-state index contributed by atoms with van der Waals surface area (Å²) in [6.07, 6.45) is 67.8. The highest BCUT2D eigenvalue weighted by Crippen LogP contribution is 2.53. The summed E-state index contributed by atoms with van der Waals surface area (Å²) in [5.41, 5.74) is 6.18. The standard InChI is InChI=1S/C55H106/c1-6-11-16-21-26-31-36-41-46-52-51-55(49-44-39-34-29-24-19-14-9-4,50-45-40-35-30-25-20-15-10-5)54(48-43-38-33-28-23-18-13-8-3)53(52)47-42-37-32-27-22-17-12-7-2/h51H,6-50H2,1-5H3. The minimum absolute atomic E-state index is 0.385. The molecular weight excluding hydrogens is 661 g/mol. The summed E-state index contributed by atoms with van der Waals surface area (Å²) in [5.74, 6) is 0. The van der Waals surface area contributed by atoms with Crippen LogP contribution in [0.5, 0.6) is 0 Å². The van der Waals surface area contributed by atoms with Gasteiger partial charge < -0.3 is 0 Å². The summed E-state index contributed by atoms with van der Waals surface area (Å²) in [4.78, 5) is 0. The predicted molar refractivity (Wildman–Crippen MR) is 254 cm³/mol. The molecule has 1 rings (SSSR count). The molecule has 0 nitrogen and oxygen atoms in total. The van der Waals surface area contributed by atoms with E-state index in [0.29, 0.717) is 5.41 Å². The Morgan fingerprint density at radius 2 is 0.527 bits per heavy atom. The average molecular weight is 767 g/mol. The van der Waals surface area contributed by atoms with E-state index in [1.807, 2.05) is 16.7 Å². The van der Waals surface area contributed by atoms with Crippen molar-refractivity contribution in [2.24, 2.45) is 5.41 Å². The minimum atomic E-state index is 0.385. The van der Waals surface area contributed by atoms with Crippen LogP contribution < -0.4 is 0 Å². The molecule has 0 heteroatoms. The molecule has 0 N–H and O–H groups in total. The maximum Gasteiger partial charge on any atom is 0.0102 e. The monoisotopic (exact) mass is 767 g/mol. The van der Waals surface area contributed by atoms with E-state index in [2.05, 4.69) is 40.7 Å². The van der Waals surface area contributed by atoms with E-state index in [9.17, 15) is 0 Å². The second kappa shape index (κ2) is 40.3. The molecule has 1 aliphatic carbocycles. The molecule has 0 aromatic heterocycles. The second-order valence-corrected chi connectivity index (χ2v) is 18.9. The maximum atomic E-state index is 3.01. The predicted octanol–water partition coefficient (Wildman–Crippen LogP) is 20.9. The molecule has 0 saturated carbocycles. The van der Waals surface area contributed by atoms with E-state index in [4.69, 9.17) is 0 Å². The van der Waals surface area contributed by atoms with Gasteiger partial charge in [-0.3, -0.25) is 0 Å². The van der Waals surface area contributed by atoms with Gasteiger partial charge in [0.05, 0.1) is 0 Å². The van der Waals surface area contributed by atoms with Gasteiger partial charge in [-0.1, -0.05) is 284 Å². The van der Waals surface area contributed by atoms with Crippen LogP contribution in [-0.2, 0) is 0 Å². The molecule has 0 saturated heterocycles. The molecule has 0 unspecified atom stereocenters. The Labute approximate surface area is 350 Å². The Balaban J connectivity index is 3.19. The van der Waals surface area contributed by atoms with Crippen LogP contribution in [-0.4, -0.2) is 0 Å². The van der Waals surface area contributed by atoms with E-state index in [1.54, 1.807) is 0 Å². The zero-order chi connectivity index (χ0) is 39.8. The summed E-state index contributed by atoms with van der Waals surface area (Å²) in [5, 5.41) is 0. The number of allylic oxidation sites excluding steroid dienone is 4. The molecule has 0 radical (unpaired) electrons. The largest absolute Gasteiger partial charge is 0.0708 e. The fourth-order valence-corrected chi connectivity index (χ4v) is 9.98. The molecule has 0 atom stereocenters. The van der Waals surface area contributed by atoms with E-state index < -0.39 is 0 Å². The van der Waals surface area contributed by atoms with Gasteiger partial charge in [0, 0.05) is 5.41 Å². The lowest BCUT2D eigenvalue weighted by atomic mass is 9.71. The molecule has 1 aliphatic rings. The SMILES string of the molecule is CCCCCCCCCCC1=CC(CCCCCCCCCC)(CCCCCCCCCC)C(CCCCCCCCCC)=C1CCCCCCCCCC. The molecule has 55 heavy (non-hydrogen) atoms. The van der Waals surface area contributed by atoms with Crippen LogP contribution in [0.15, 0.2) is 22.8 Å². The Morgan fingerprint density at radius 3 is 0.855 bits per heavy atom. The molecular formula is C55H106. The van der Waals surface area contributed by atoms with Crippen molar-refractivity contribution in [3.05, 3.63) is 22.8 Å². The quantitative estimate of drug-likeness (QED) is 0.0542. The summed E-state index contributed by atoms with van der Waals surface area (Å²) in [6.45, 7) is 11.8. The van der Waals surface area contributed by atoms with Crippen molar-refractivity contribution < 1.29 is 0 Å². The number of hydrogen-bond donors (Lipinski definition) is 0. The van der Waals surface area contributed by atoms with Crippen LogP contribution in [0.1, 0.15) is 324 Å². The van der Waals surface area contributed by atoms with E-state index in [0.717, 1.165) is 0 Å². The topological polar surface area (TPSA) is 0 Å². The van der Waals surface area contributed by atoms with Gasteiger partial charge in [0.2, 0.25) is 0 Å². The highest BCUT2D eigenvalue weighted by atomic mass is 14.4. The molecule has 326 valence electrons. The van der Waals surface area contributed by atoms with Crippen LogP contribution in [0.4, 0.5) is 0 Å². The molecule has 0 fully saturated rings. The highest BCUT2D eigenvalue weighted by Gasteiger charge is 2.38. The third-order valence-electron chi connectivity index (χ3n) is 13.6. The van der Waals surface area contributed by atoms with Crippen LogP contribution >= 0.6 is 0 Å². The molecule has 0 heterocycles. The van der Waals surface area contributed by atoms with Crippen molar-refractivity contribution in [1.82, 2.24) is 0 Å². The van der Waals surface area contributed by atoms with Gasteiger partial charge >= 0.3 is 0 Å². The van der Waals surface area contributed by atoms with Crippen LogP contribution in [0.2, 0.25) is 0 Å². The van der Waals surface area contributed by atoms with E-state index in [-0.39, 0.29) is 0 Å². The van der Waals surface area contributed by atoms with Crippen molar-refractivity contribution in [2.75, 3.05) is 0 Å². The molecule has 0 amide bonds. The van der Waals surface area contributed by atoms with Crippen LogP contribution in [0.25, 0.3) is 0 Å². The Hall–Kier alpha value is -0.520. The first-order valence-corrected chi connectivity index (χ1v) is 26.6. The molecule has 0 aliphatic heterocycles. The third kappa shape index (κ3) is 28.5. The van der Waals surface area contributed by atoms with Gasteiger partial charge in [-0.25, -0.2) is 0 Å². The molecule has 0 bridgehead atoms. The first kappa shape index (κ1) is 52.5. The summed E-state index contributed by atoms with van der Waals surface area (Å²) >= 11 is 0. The zero-order valence-corrected chi connectivity index (χ0v) is 39.4. The molecule has 0 spiro atoms. The summed E-state index contributed by atoms with van der Waals surface area (Å²) in [7, 11) is 0. The number of hydrogen-bond acceptors (Lipinski definition) is 0. The van der Waals surface area contributed by atoms with Crippen molar-refractivity contribution in [1.29, 1.82) is 0 Å². The van der Waals surface area contributed by atoms with Gasteiger partial charge in [0.1, 0.15) is 0 Å². The molecule has 0 aromatic carbocycles. The van der Waals surface area contributed by atoms with Gasteiger partial charge in [-0.05, 0) is 62.5 Å². The van der Waals surface area contributed by atoms with Crippen LogP contribution in [0.3, 0.4) is 0 Å². The third-order valence-corrected chi connectivity index (χ3v) is 13.6. The van der Waals surface area contributed by atoms with Gasteiger partial charge in [0.25, 0.3) is 0 Å². The first-order chi connectivity index (χ1) is 27.2. The van der Waals surface area contributed by atoms with Crippen LogP contribution in [0, 0.1) is 5.41 Å². The van der Waals surface area contributed by atoms with Crippen molar-refractivity contribution in [3.63, 3.8) is 0 Å². The highest BCUT2D eigenvalue weighted by molar-refractivity contribution is 5.48. The van der Waals surface area contributed by atoms with Gasteiger partial charge in [-0.2, -0.15) is 0 Å². The first-order valence-electron chi connectivity index (χ1n) is 26.6. The molecule has 0 aromatic rings.